The van der Waals surface area contributed by atoms with Gasteiger partial charge in [0.1, 0.15) is 5.78 Å². The number of aliphatic hydroxyl groups is 2. The fourth-order valence-electron chi connectivity index (χ4n) is 1.50. The zero-order valence-electron chi connectivity index (χ0n) is 9.53. The second-order valence-corrected chi connectivity index (χ2v) is 3.93. The Morgan fingerprint density at radius 2 is 1.29 bits per heavy atom. The lowest BCUT2D eigenvalue weighted by Gasteiger charge is -2.22. The number of carbonyl (C=O) groups excluding carboxylic acids is 1. The summed E-state index contributed by atoms with van der Waals surface area (Å²) in [5.41, 5.74) is 0. The molecule has 0 aromatic carbocycles. The van der Waals surface area contributed by atoms with Crippen LogP contribution in [-0.4, -0.2) is 28.2 Å². The first kappa shape index (κ1) is 13.6. The highest BCUT2D eigenvalue weighted by molar-refractivity contribution is 5.83. The Hall–Kier alpha value is -0.410. The van der Waals surface area contributed by atoms with Crippen LogP contribution < -0.4 is 0 Å². The van der Waals surface area contributed by atoms with Crippen LogP contribution in [0.3, 0.4) is 0 Å². The third-order valence-electron chi connectivity index (χ3n) is 2.89. The minimum atomic E-state index is -0.589. The van der Waals surface area contributed by atoms with Crippen molar-refractivity contribution >= 4 is 5.78 Å². The third-order valence-corrected chi connectivity index (χ3v) is 2.89. The first-order chi connectivity index (χ1) is 6.45. The van der Waals surface area contributed by atoms with Crippen LogP contribution in [0.4, 0.5) is 0 Å². The minimum Gasteiger partial charge on any atom is -0.392 e. The number of hydrogen-bond acceptors (Lipinski definition) is 3. The van der Waals surface area contributed by atoms with Crippen molar-refractivity contribution in [3.8, 4) is 0 Å². The van der Waals surface area contributed by atoms with Crippen LogP contribution >= 0.6 is 0 Å². The molecular formula is C11H22O3. The van der Waals surface area contributed by atoms with Crippen LogP contribution in [0.15, 0.2) is 0 Å². The molecule has 0 aromatic heterocycles. The van der Waals surface area contributed by atoms with Gasteiger partial charge in [0.25, 0.3) is 0 Å². The van der Waals surface area contributed by atoms with Gasteiger partial charge in [-0.05, 0) is 12.8 Å². The van der Waals surface area contributed by atoms with E-state index in [9.17, 15) is 15.0 Å². The van der Waals surface area contributed by atoms with E-state index in [0.29, 0.717) is 12.8 Å². The monoisotopic (exact) mass is 202 g/mol. The predicted octanol–water partition coefficient (Wildman–Crippen LogP) is 1.37. The SMILES string of the molecule is CC[C@@H](O)[C@H](C)C(=O)[C@@H](C)[C@@H](O)CC. The molecule has 3 heteroatoms. The Bertz CT molecular complexity index is 161. The van der Waals surface area contributed by atoms with E-state index in [4.69, 9.17) is 0 Å². The average molecular weight is 202 g/mol. The van der Waals surface area contributed by atoms with Crippen LogP contribution in [0.25, 0.3) is 0 Å². The molecule has 0 aromatic rings. The molecule has 0 aliphatic rings. The highest BCUT2D eigenvalue weighted by Crippen LogP contribution is 2.17. The minimum absolute atomic E-state index is 0.0475. The summed E-state index contributed by atoms with van der Waals surface area (Å²) in [6.07, 6.45) is -0.0352. The molecule has 0 saturated carbocycles. The van der Waals surface area contributed by atoms with E-state index in [1.165, 1.54) is 0 Å². The van der Waals surface area contributed by atoms with Crippen molar-refractivity contribution in [3.63, 3.8) is 0 Å². The molecule has 0 fully saturated rings. The Morgan fingerprint density at radius 3 is 1.50 bits per heavy atom. The first-order valence-electron chi connectivity index (χ1n) is 5.35. The van der Waals surface area contributed by atoms with Gasteiger partial charge >= 0.3 is 0 Å². The molecule has 0 unspecified atom stereocenters. The van der Waals surface area contributed by atoms with E-state index >= 15 is 0 Å². The molecule has 0 aliphatic heterocycles. The maximum absolute atomic E-state index is 11.7. The largest absolute Gasteiger partial charge is 0.392 e. The zero-order chi connectivity index (χ0) is 11.3. The van der Waals surface area contributed by atoms with Crippen molar-refractivity contribution in [2.75, 3.05) is 0 Å². The molecule has 0 bridgehead atoms. The molecule has 0 spiro atoms. The topological polar surface area (TPSA) is 57.5 Å². The van der Waals surface area contributed by atoms with Crippen LogP contribution in [0, 0.1) is 11.8 Å². The molecule has 0 saturated heterocycles. The van der Waals surface area contributed by atoms with Gasteiger partial charge in [-0.3, -0.25) is 4.79 Å². The standard InChI is InChI=1S/C11H22O3/c1-5-9(12)7(3)11(14)8(4)10(13)6-2/h7-10,12-13H,5-6H2,1-4H3/t7-,8-,9-,10+/m0/s1. The van der Waals surface area contributed by atoms with Crippen LogP contribution in [0.2, 0.25) is 0 Å². The summed E-state index contributed by atoms with van der Waals surface area (Å²) in [6, 6.07) is 0. The van der Waals surface area contributed by atoms with Gasteiger partial charge in [0.2, 0.25) is 0 Å². The molecule has 3 nitrogen and oxygen atoms in total. The lowest BCUT2D eigenvalue weighted by atomic mass is 9.86. The van der Waals surface area contributed by atoms with Gasteiger partial charge in [-0.2, -0.15) is 0 Å². The number of carbonyl (C=O) groups is 1. The quantitative estimate of drug-likeness (QED) is 0.684. The van der Waals surface area contributed by atoms with Gasteiger partial charge in [0.15, 0.2) is 0 Å². The molecule has 0 radical (unpaired) electrons. The number of hydrogen-bond donors (Lipinski definition) is 2. The second-order valence-electron chi connectivity index (χ2n) is 3.93. The number of ketones is 1. The average Bonchev–Trinajstić information content (AvgIpc) is 2.23. The van der Waals surface area contributed by atoms with E-state index in [1.807, 2.05) is 13.8 Å². The van der Waals surface area contributed by atoms with Crippen molar-refractivity contribution in [1.29, 1.82) is 0 Å². The summed E-state index contributed by atoms with van der Waals surface area (Å²) in [4.78, 5) is 11.7. The van der Waals surface area contributed by atoms with Gasteiger partial charge in [0, 0.05) is 11.8 Å². The first-order valence-corrected chi connectivity index (χ1v) is 5.35. The van der Waals surface area contributed by atoms with Crippen molar-refractivity contribution < 1.29 is 15.0 Å². The molecule has 84 valence electrons. The van der Waals surface area contributed by atoms with Crippen molar-refractivity contribution in [2.24, 2.45) is 11.8 Å². The molecule has 0 aliphatic carbocycles. The van der Waals surface area contributed by atoms with E-state index in [0.717, 1.165) is 0 Å². The predicted molar refractivity (Wildman–Crippen MR) is 55.9 cm³/mol. The maximum Gasteiger partial charge on any atom is 0.143 e. The highest BCUT2D eigenvalue weighted by atomic mass is 16.3. The van der Waals surface area contributed by atoms with E-state index in [-0.39, 0.29) is 17.6 Å². The normalized spacial score (nSPS) is 19.9. The summed E-state index contributed by atoms with van der Waals surface area (Å²) < 4.78 is 0. The fourth-order valence-corrected chi connectivity index (χ4v) is 1.50. The van der Waals surface area contributed by atoms with Gasteiger partial charge in [-0.15, -0.1) is 0 Å². The lowest BCUT2D eigenvalue weighted by Crippen LogP contribution is -2.34. The smallest absolute Gasteiger partial charge is 0.143 e. The Morgan fingerprint density at radius 1 is 1.00 bits per heavy atom. The molecule has 4 atom stereocenters. The number of aliphatic hydroxyl groups excluding tert-OH is 2. The van der Waals surface area contributed by atoms with Crippen molar-refractivity contribution in [1.82, 2.24) is 0 Å². The van der Waals surface area contributed by atoms with E-state index < -0.39 is 12.2 Å². The molecule has 0 amide bonds. The third kappa shape index (κ3) is 3.39. The lowest BCUT2D eigenvalue weighted by molar-refractivity contribution is -0.132. The maximum atomic E-state index is 11.7. The molecule has 0 heterocycles. The van der Waals surface area contributed by atoms with E-state index in [1.54, 1.807) is 13.8 Å². The Kier molecular flexibility index (Phi) is 5.96. The molecule has 0 rings (SSSR count). The van der Waals surface area contributed by atoms with Gasteiger partial charge in [-0.1, -0.05) is 27.7 Å². The Balaban J connectivity index is 4.31. The highest BCUT2D eigenvalue weighted by Gasteiger charge is 2.28. The van der Waals surface area contributed by atoms with Crippen LogP contribution in [0.5, 0.6) is 0 Å². The summed E-state index contributed by atoms with van der Waals surface area (Å²) in [7, 11) is 0. The zero-order valence-corrected chi connectivity index (χ0v) is 9.53. The summed E-state index contributed by atoms with van der Waals surface area (Å²) in [5.74, 6) is -0.805. The Labute approximate surface area is 86.1 Å². The number of Topliss-reactive ketones (excluding diaryl/α,β-unsaturated/α-hetero) is 1. The van der Waals surface area contributed by atoms with Crippen LogP contribution in [-0.2, 0) is 4.79 Å². The van der Waals surface area contributed by atoms with Gasteiger partial charge in [-0.25, -0.2) is 0 Å². The van der Waals surface area contributed by atoms with Gasteiger partial charge < -0.3 is 10.2 Å². The second kappa shape index (κ2) is 6.14. The van der Waals surface area contributed by atoms with Gasteiger partial charge in [0.05, 0.1) is 12.2 Å². The number of rotatable bonds is 6. The van der Waals surface area contributed by atoms with E-state index in [2.05, 4.69) is 0 Å². The molecule has 2 N–H and O–H groups in total. The summed E-state index contributed by atoms with van der Waals surface area (Å²) in [5, 5.41) is 19.0. The van der Waals surface area contributed by atoms with Crippen LogP contribution in [0.1, 0.15) is 40.5 Å². The molecule has 14 heavy (non-hydrogen) atoms. The molecular weight excluding hydrogens is 180 g/mol. The fraction of sp³-hybridized carbons (Fsp3) is 0.909. The van der Waals surface area contributed by atoms with Crippen molar-refractivity contribution in [2.45, 2.75) is 52.7 Å². The van der Waals surface area contributed by atoms with Crippen molar-refractivity contribution in [3.05, 3.63) is 0 Å². The summed E-state index contributed by atoms with van der Waals surface area (Å²) >= 11 is 0. The summed E-state index contributed by atoms with van der Waals surface area (Å²) in [6.45, 7) is 7.12.